The minimum atomic E-state index is 0.163. The largest absolute Gasteiger partial charge is 0.383 e. The van der Waals surface area contributed by atoms with Gasteiger partial charge < -0.3 is 10.5 Å². The van der Waals surface area contributed by atoms with Gasteiger partial charge in [-0.05, 0) is 53.2 Å². The van der Waals surface area contributed by atoms with Crippen molar-refractivity contribution in [2.75, 3.05) is 32.0 Å². The Kier molecular flexibility index (Phi) is 4.64. The summed E-state index contributed by atoms with van der Waals surface area (Å²) in [6, 6.07) is 0.972. The number of halogens is 2. The first kappa shape index (κ1) is 16.5. The van der Waals surface area contributed by atoms with Crippen LogP contribution in [0.5, 0.6) is 0 Å². The van der Waals surface area contributed by atoms with Crippen molar-refractivity contribution in [3.05, 3.63) is 9.89 Å². The van der Waals surface area contributed by atoms with E-state index in [0.717, 1.165) is 57.4 Å². The molecule has 9 heteroatoms. The van der Waals surface area contributed by atoms with Crippen LogP contribution < -0.4 is 5.73 Å². The van der Waals surface area contributed by atoms with Gasteiger partial charge in [-0.3, -0.25) is 4.90 Å². The molecule has 2 aliphatic rings. The van der Waals surface area contributed by atoms with Gasteiger partial charge in [0, 0.05) is 19.1 Å². The number of aromatic nitrogens is 4. The Morgan fingerprint density at radius 2 is 1.75 bits per heavy atom. The predicted molar refractivity (Wildman–Crippen MR) is 96.1 cm³/mol. The van der Waals surface area contributed by atoms with Crippen molar-refractivity contribution in [3.8, 4) is 0 Å². The van der Waals surface area contributed by atoms with E-state index < -0.39 is 0 Å². The van der Waals surface area contributed by atoms with Gasteiger partial charge in [0.05, 0.1) is 24.6 Å². The second-order valence-electron chi connectivity index (χ2n) is 6.42. The number of nitrogen functional groups attached to an aromatic ring is 1. The van der Waals surface area contributed by atoms with E-state index in [1.54, 1.807) is 0 Å². The van der Waals surface area contributed by atoms with E-state index in [1.807, 2.05) is 4.68 Å². The van der Waals surface area contributed by atoms with E-state index in [0.29, 0.717) is 28.2 Å². The number of rotatable bonds is 2. The molecule has 24 heavy (non-hydrogen) atoms. The molecule has 0 radical (unpaired) electrons. The summed E-state index contributed by atoms with van der Waals surface area (Å²) < 4.78 is 8.11. The molecule has 2 aromatic rings. The zero-order valence-corrected chi connectivity index (χ0v) is 15.6. The lowest BCUT2D eigenvalue weighted by Crippen LogP contribution is -2.45. The van der Waals surface area contributed by atoms with Crippen molar-refractivity contribution < 1.29 is 4.74 Å². The van der Waals surface area contributed by atoms with Gasteiger partial charge in [0.25, 0.3) is 0 Å². The van der Waals surface area contributed by atoms with Gasteiger partial charge in [-0.2, -0.15) is 10.1 Å². The van der Waals surface area contributed by atoms with Crippen molar-refractivity contribution in [3.63, 3.8) is 0 Å². The maximum absolute atomic E-state index is 5.99. The summed E-state index contributed by atoms with van der Waals surface area (Å²) >= 11 is 9.47. The Morgan fingerprint density at radius 1 is 1.08 bits per heavy atom. The van der Waals surface area contributed by atoms with Crippen LogP contribution in [0.25, 0.3) is 11.0 Å². The highest BCUT2D eigenvalue weighted by Gasteiger charge is 2.29. The van der Waals surface area contributed by atoms with Crippen molar-refractivity contribution in [2.24, 2.45) is 0 Å². The van der Waals surface area contributed by atoms with Crippen molar-refractivity contribution in [1.29, 1.82) is 0 Å². The summed E-state index contributed by atoms with van der Waals surface area (Å²) in [6.07, 6.45) is 4.48. The third-order valence-electron chi connectivity index (χ3n) is 5.08. The predicted octanol–water partition coefficient (Wildman–Crippen LogP) is 2.64. The average Bonchev–Trinajstić information content (AvgIpc) is 2.92. The molecule has 0 spiro atoms. The molecular weight excluding hydrogens is 396 g/mol. The maximum atomic E-state index is 5.99. The zero-order valence-electron chi connectivity index (χ0n) is 13.3. The Morgan fingerprint density at radius 3 is 2.46 bits per heavy atom. The van der Waals surface area contributed by atoms with Gasteiger partial charge in [-0.1, -0.05) is 0 Å². The number of nitrogens with two attached hydrogens (primary N) is 1. The van der Waals surface area contributed by atoms with Gasteiger partial charge in [-0.25, -0.2) is 9.67 Å². The highest BCUT2D eigenvalue weighted by molar-refractivity contribution is 9.10. The molecule has 1 aliphatic carbocycles. The molecule has 0 amide bonds. The maximum Gasteiger partial charge on any atom is 0.226 e. The molecule has 1 saturated heterocycles. The van der Waals surface area contributed by atoms with Gasteiger partial charge in [-0.15, -0.1) is 0 Å². The quantitative estimate of drug-likeness (QED) is 0.759. The number of morpholine rings is 1. The van der Waals surface area contributed by atoms with E-state index in [1.165, 1.54) is 0 Å². The van der Waals surface area contributed by atoms with Crippen LogP contribution in [0.1, 0.15) is 31.7 Å². The summed E-state index contributed by atoms with van der Waals surface area (Å²) in [5.74, 6) is 0.366. The van der Waals surface area contributed by atoms with Gasteiger partial charge in [0.2, 0.25) is 5.28 Å². The van der Waals surface area contributed by atoms with Crippen molar-refractivity contribution in [1.82, 2.24) is 24.6 Å². The zero-order chi connectivity index (χ0) is 16.7. The lowest BCUT2D eigenvalue weighted by molar-refractivity contribution is 0.00519. The molecule has 1 aliphatic heterocycles. The highest BCUT2D eigenvalue weighted by Crippen LogP contribution is 2.36. The van der Waals surface area contributed by atoms with Crippen LogP contribution in [-0.4, -0.2) is 57.0 Å². The topological polar surface area (TPSA) is 82.1 Å². The Bertz CT molecular complexity index is 739. The van der Waals surface area contributed by atoms with Crippen LogP contribution in [0.4, 0.5) is 5.82 Å². The third-order valence-corrected chi connectivity index (χ3v) is 5.81. The molecule has 2 fully saturated rings. The first-order valence-corrected chi connectivity index (χ1v) is 9.49. The van der Waals surface area contributed by atoms with E-state index in [-0.39, 0.29) is 5.28 Å². The first-order chi connectivity index (χ1) is 11.6. The Balaban J connectivity index is 1.54. The SMILES string of the molecule is Nc1nc(Cl)nc2c1c(Br)nn2C1CCC(N2CCOCC2)CC1. The molecule has 2 N–H and O–H groups in total. The lowest BCUT2D eigenvalue weighted by Gasteiger charge is -2.38. The number of anilines is 1. The van der Waals surface area contributed by atoms with Crippen LogP contribution in [0.3, 0.4) is 0 Å². The fourth-order valence-corrected chi connectivity index (χ4v) is 4.58. The van der Waals surface area contributed by atoms with E-state index in [9.17, 15) is 0 Å². The van der Waals surface area contributed by atoms with Crippen LogP contribution in [0.15, 0.2) is 4.60 Å². The Hall–Kier alpha value is -0.960. The second kappa shape index (κ2) is 6.74. The molecule has 2 aromatic heterocycles. The van der Waals surface area contributed by atoms with E-state index in [4.69, 9.17) is 22.1 Å². The van der Waals surface area contributed by atoms with Gasteiger partial charge >= 0.3 is 0 Å². The van der Waals surface area contributed by atoms with Crippen molar-refractivity contribution in [2.45, 2.75) is 37.8 Å². The highest BCUT2D eigenvalue weighted by atomic mass is 79.9. The number of nitrogens with zero attached hydrogens (tertiary/aromatic N) is 5. The number of fused-ring (bicyclic) bond motifs is 1. The Labute approximate surface area is 153 Å². The molecule has 0 bridgehead atoms. The second-order valence-corrected chi connectivity index (χ2v) is 7.51. The normalized spacial score (nSPS) is 26.1. The molecule has 0 aromatic carbocycles. The van der Waals surface area contributed by atoms with Crippen LogP contribution in [0, 0.1) is 0 Å². The summed E-state index contributed by atoms with van der Waals surface area (Å²) in [5, 5.41) is 5.52. The fraction of sp³-hybridized carbons (Fsp3) is 0.667. The summed E-state index contributed by atoms with van der Waals surface area (Å²) in [7, 11) is 0. The standard InChI is InChI=1S/C15H20BrClN6O/c16-12-11-13(18)19-15(17)20-14(11)23(21-12)10-3-1-9(2-4-10)22-5-7-24-8-6-22/h9-10H,1-8H2,(H2,18,19,20). The molecule has 0 atom stereocenters. The lowest BCUT2D eigenvalue weighted by atomic mass is 9.90. The minimum absolute atomic E-state index is 0.163. The van der Waals surface area contributed by atoms with Gasteiger partial charge in [0.15, 0.2) is 5.65 Å². The summed E-state index contributed by atoms with van der Waals surface area (Å²) in [4.78, 5) is 10.9. The number of hydrogen-bond donors (Lipinski definition) is 1. The summed E-state index contributed by atoms with van der Waals surface area (Å²) in [5.41, 5.74) is 6.70. The molecule has 0 unspecified atom stereocenters. The van der Waals surface area contributed by atoms with Crippen molar-refractivity contribution >= 4 is 44.4 Å². The molecule has 7 nitrogen and oxygen atoms in total. The number of ether oxygens (including phenoxy) is 1. The van der Waals surface area contributed by atoms with Gasteiger partial charge in [0.1, 0.15) is 10.4 Å². The monoisotopic (exact) mass is 414 g/mol. The smallest absolute Gasteiger partial charge is 0.226 e. The minimum Gasteiger partial charge on any atom is -0.383 e. The van der Waals surface area contributed by atoms with Crippen LogP contribution in [0.2, 0.25) is 5.28 Å². The molecular formula is C15H20BrClN6O. The molecule has 130 valence electrons. The van der Waals surface area contributed by atoms with Crippen LogP contribution >= 0.6 is 27.5 Å². The summed E-state index contributed by atoms with van der Waals surface area (Å²) in [6.45, 7) is 3.80. The molecule has 1 saturated carbocycles. The first-order valence-electron chi connectivity index (χ1n) is 8.32. The number of hydrogen-bond acceptors (Lipinski definition) is 6. The molecule has 3 heterocycles. The van der Waals surface area contributed by atoms with E-state index >= 15 is 0 Å². The fourth-order valence-electron chi connectivity index (χ4n) is 3.86. The van der Waals surface area contributed by atoms with Crippen LogP contribution in [-0.2, 0) is 4.74 Å². The average molecular weight is 416 g/mol. The molecule has 4 rings (SSSR count). The van der Waals surface area contributed by atoms with E-state index in [2.05, 4.69) is 35.9 Å². The third kappa shape index (κ3) is 3.00.